The van der Waals surface area contributed by atoms with Gasteiger partial charge in [-0.25, -0.2) is 4.79 Å². The number of nitrogens with one attached hydrogen (secondary N) is 1. The molecule has 9 heteroatoms. The van der Waals surface area contributed by atoms with Crippen molar-refractivity contribution in [3.63, 3.8) is 0 Å². The number of carbonyl (C=O) groups is 1. The van der Waals surface area contributed by atoms with Crippen molar-refractivity contribution in [2.45, 2.75) is 13.3 Å². The molecule has 1 N–H and O–H groups in total. The predicted molar refractivity (Wildman–Crippen MR) is 56.3 cm³/mol. The molecule has 0 fully saturated rings. The molecule has 1 aromatic heterocycles. The summed E-state index contributed by atoms with van der Waals surface area (Å²) in [5, 5.41) is 0. The van der Waals surface area contributed by atoms with Gasteiger partial charge in [-0.15, -0.1) is 13.2 Å². The highest BCUT2D eigenvalue weighted by atomic mass is 19.4. The van der Waals surface area contributed by atoms with E-state index in [4.69, 9.17) is 0 Å². The number of rotatable bonds is 4. The average Bonchev–Trinajstić information content (AvgIpc) is 2.26. The van der Waals surface area contributed by atoms with Crippen LogP contribution in [0, 0.1) is 0 Å². The van der Waals surface area contributed by atoms with E-state index in [9.17, 15) is 22.8 Å². The van der Waals surface area contributed by atoms with Crippen LogP contribution in [0.15, 0.2) is 10.9 Å². The molecule has 0 bridgehead atoms. The third-order valence-electron chi connectivity index (χ3n) is 1.89. The summed E-state index contributed by atoms with van der Waals surface area (Å²) in [5.74, 6) is -2.57. The van der Waals surface area contributed by atoms with Crippen molar-refractivity contribution in [2.24, 2.45) is 0 Å². The number of alkyl halides is 3. The van der Waals surface area contributed by atoms with Gasteiger partial charge in [0, 0.05) is 6.07 Å². The highest BCUT2D eigenvalue weighted by molar-refractivity contribution is 5.91. The smallest absolute Gasteiger partial charge is 0.482 e. The van der Waals surface area contributed by atoms with E-state index >= 15 is 0 Å². The fourth-order valence-electron chi connectivity index (χ4n) is 1.21. The fraction of sp³-hybridized carbons (Fsp3) is 0.400. The quantitative estimate of drug-likeness (QED) is 0.845. The lowest BCUT2D eigenvalue weighted by Crippen LogP contribution is -2.25. The number of hydrogen-bond acceptors (Lipinski definition) is 5. The van der Waals surface area contributed by atoms with Crippen molar-refractivity contribution in [3.05, 3.63) is 21.9 Å². The lowest BCUT2D eigenvalue weighted by Gasteiger charge is -2.13. The summed E-state index contributed by atoms with van der Waals surface area (Å²) in [4.78, 5) is 25.0. The first-order valence-electron chi connectivity index (χ1n) is 5.02. The summed E-state index contributed by atoms with van der Waals surface area (Å²) >= 11 is 0. The van der Waals surface area contributed by atoms with Crippen LogP contribution in [0.4, 0.5) is 13.2 Å². The van der Waals surface area contributed by atoms with E-state index in [-0.39, 0.29) is 12.5 Å². The molecule has 106 valence electrons. The van der Waals surface area contributed by atoms with Crippen LogP contribution in [0.1, 0.15) is 17.3 Å². The van der Waals surface area contributed by atoms with E-state index in [1.165, 1.54) is 6.92 Å². The van der Waals surface area contributed by atoms with Gasteiger partial charge in [-0.1, -0.05) is 0 Å². The van der Waals surface area contributed by atoms with Gasteiger partial charge in [-0.2, -0.15) is 0 Å². The number of aromatic amines is 1. The van der Waals surface area contributed by atoms with E-state index in [1.54, 1.807) is 0 Å². The second-order valence-electron chi connectivity index (χ2n) is 3.17. The molecule has 1 heterocycles. The number of pyridine rings is 1. The second-order valence-corrected chi connectivity index (χ2v) is 3.17. The van der Waals surface area contributed by atoms with Crippen LogP contribution >= 0.6 is 0 Å². The zero-order chi connectivity index (χ0) is 14.6. The first-order chi connectivity index (χ1) is 8.78. The standard InChI is InChI=1S/C10H10F3NO5/c1-3-18-9(16)7-5(15)4-6(17-2)14-8(7)19-10(11,12)13/h4H,3H2,1-2H3,(H,14,15). The van der Waals surface area contributed by atoms with Gasteiger partial charge in [0.1, 0.15) is 0 Å². The number of methoxy groups -OCH3 is 1. The Morgan fingerprint density at radius 1 is 1.42 bits per heavy atom. The van der Waals surface area contributed by atoms with Crippen molar-refractivity contribution < 1.29 is 32.2 Å². The Morgan fingerprint density at radius 3 is 2.53 bits per heavy atom. The van der Waals surface area contributed by atoms with Crippen LogP contribution in [-0.2, 0) is 4.74 Å². The fourth-order valence-corrected chi connectivity index (χ4v) is 1.21. The third-order valence-corrected chi connectivity index (χ3v) is 1.89. The molecule has 1 aromatic rings. The number of hydrogen-bond donors (Lipinski definition) is 1. The Morgan fingerprint density at radius 2 is 2.05 bits per heavy atom. The number of ether oxygens (including phenoxy) is 3. The van der Waals surface area contributed by atoms with Gasteiger partial charge in [0.2, 0.25) is 11.3 Å². The maximum atomic E-state index is 12.2. The van der Waals surface area contributed by atoms with E-state index in [1.807, 2.05) is 4.98 Å². The van der Waals surface area contributed by atoms with E-state index < -0.39 is 29.2 Å². The van der Waals surface area contributed by atoms with Gasteiger partial charge in [0.25, 0.3) is 0 Å². The third kappa shape index (κ3) is 3.90. The van der Waals surface area contributed by atoms with E-state index in [0.717, 1.165) is 13.2 Å². The molecule has 0 saturated heterocycles. The molecule has 0 unspecified atom stereocenters. The molecule has 0 aliphatic heterocycles. The summed E-state index contributed by atoms with van der Waals surface area (Å²) in [7, 11) is 1.13. The highest BCUT2D eigenvalue weighted by Gasteiger charge is 2.35. The van der Waals surface area contributed by atoms with Crippen molar-refractivity contribution in [3.8, 4) is 11.8 Å². The maximum absolute atomic E-state index is 12.2. The topological polar surface area (TPSA) is 77.6 Å². The summed E-state index contributed by atoms with van der Waals surface area (Å²) in [6, 6.07) is 0.815. The van der Waals surface area contributed by atoms with E-state index in [0.29, 0.717) is 0 Å². The molecule has 0 radical (unpaired) electrons. The number of halogens is 3. The molecule has 0 amide bonds. The van der Waals surface area contributed by atoms with Gasteiger partial charge in [0.05, 0.1) is 13.7 Å². The Balaban J connectivity index is 3.34. The molecule has 0 aromatic carbocycles. The zero-order valence-electron chi connectivity index (χ0n) is 9.96. The molecule has 0 aliphatic carbocycles. The Hall–Kier alpha value is -2.19. The molecule has 19 heavy (non-hydrogen) atoms. The summed E-state index contributed by atoms with van der Waals surface area (Å²) < 4.78 is 49.3. The van der Waals surface area contributed by atoms with Crippen molar-refractivity contribution in [1.29, 1.82) is 0 Å². The lowest BCUT2D eigenvalue weighted by atomic mass is 10.2. The monoisotopic (exact) mass is 281 g/mol. The first kappa shape index (κ1) is 14.9. The Labute approximate surface area is 105 Å². The largest absolute Gasteiger partial charge is 0.574 e. The number of aromatic nitrogens is 1. The van der Waals surface area contributed by atoms with Crippen LogP contribution in [-0.4, -0.2) is 31.0 Å². The highest BCUT2D eigenvalue weighted by Crippen LogP contribution is 2.25. The average molecular weight is 281 g/mol. The van der Waals surface area contributed by atoms with Crippen molar-refractivity contribution in [2.75, 3.05) is 13.7 Å². The molecule has 1 rings (SSSR count). The minimum absolute atomic E-state index is 0.101. The molecule has 6 nitrogen and oxygen atoms in total. The molecule has 0 aliphatic rings. The normalized spacial score (nSPS) is 11.0. The molecule has 0 saturated carbocycles. The van der Waals surface area contributed by atoms with Crippen LogP contribution < -0.4 is 14.9 Å². The number of H-pyrrole nitrogens is 1. The zero-order valence-corrected chi connectivity index (χ0v) is 9.96. The van der Waals surface area contributed by atoms with Crippen LogP contribution in [0.3, 0.4) is 0 Å². The molecule has 0 atom stereocenters. The summed E-state index contributed by atoms with van der Waals surface area (Å²) in [6.07, 6.45) is -5.07. The number of esters is 1. The summed E-state index contributed by atoms with van der Waals surface area (Å²) in [5.41, 5.74) is -1.88. The van der Waals surface area contributed by atoms with Crippen LogP contribution in [0.5, 0.6) is 11.8 Å². The van der Waals surface area contributed by atoms with Gasteiger partial charge in [0.15, 0.2) is 11.4 Å². The predicted octanol–water partition coefficient (Wildman–Crippen LogP) is 1.46. The van der Waals surface area contributed by atoms with Gasteiger partial charge in [-0.3, -0.25) is 9.78 Å². The van der Waals surface area contributed by atoms with Gasteiger partial charge in [-0.05, 0) is 6.92 Å². The molecular formula is C10H10F3NO5. The van der Waals surface area contributed by atoms with Gasteiger partial charge < -0.3 is 14.2 Å². The first-order valence-corrected chi connectivity index (χ1v) is 5.02. The minimum atomic E-state index is -5.07. The maximum Gasteiger partial charge on any atom is 0.574 e. The Kier molecular flexibility index (Phi) is 4.41. The van der Waals surface area contributed by atoms with Crippen LogP contribution in [0.25, 0.3) is 0 Å². The number of carbonyl (C=O) groups excluding carboxylic acids is 1. The summed E-state index contributed by atoms with van der Waals surface area (Å²) in [6.45, 7) is 1.34. The SMILES string of the molecule is CCOC(=O)c1c(OC(F)(F)F)[nH]c(OC)cc1=O. The lowest BCUT2D eigenvalue weighted by molar-refractivity contribution is -0.276. The van der Waals surface area contributed by atoms with Crippen LogP contribution in [0.2, 0.25) is 0 Å². The van der Waals surface area contributed by atoms with Gasteiger partial charge >= 0.3 is 12.3 Å². The molecule has 0 spiro atoms. The van der Waals surface area contributed by atoms with Crippen molar-refractivity contribution in [1.82, 2.24) is 4.98 Å². The molecular weight excluding hydrogens is 271 g/mol. The minimum Gasteiger partial charge on any atom is -0.482 e. The Bertz CT molecular complexity index is 523. The van der Waals surface area contributed by atoms with E-state index in [2.05, 4.69) is 14.2 Å². The second kappa shape index (κ2) is 5.63. The van der Waals surface area contributed by atoms with Crippen molar-refractivity contribution >= 4 is 5.97 Å².